The second-order valence-electron chi connectivity index (χ2n) is 6.70. The third-order valence-corrected chi connectivity index (χ3v) is 5.00. The molecule has 1 aliphatic rings. The van der Waals surface area contributed by atoms with Crippen molar-refractivity contribution in [2.75, 3.05) is 6.54 Å². The Hall–Kier alpha value is -2.85. The molecule has 136 valence electrons. The third kappa shape index (κ3) is 3.81. The number of nitrogens with zero attached hydrogens (tertiary/aromatic N) is 2. The van der Waals surface area contributed by atoms with Crippen molar-refractivity contribution in [2.24, 2.45) is 0 Å². The van der Waals surface area contributed by atoms with E-state index in [1.54, 1.807) is 6.08 Å². The lowest BCUT2D eigenvalue weighted by molar-refractivity contribution is -0.126. The Labute approximate surface area is 163 Å². The zero-order valence-electron chi connectivity index (χ0n) is 15.0. The summed E-state index contributed by atoms with van der Waals surface area (Å²) in [7, 11) is 0. The topological polar surface area (TPSA) is 46.3 Å². The molecule has 2 aromatic carbocycles. The van der Waals surface area contributed by atoms with Crippen molar-refractivity contribution >= 4 is 23.6 Å². The molecule has 0 fully saturated rings. The summed E-state index contributed by atoms with van der Waals surface area (Å²) in [5.74, 6) is 0.700. The van der Waals surface area contributed by atoms with E-state index in [0.29, 0.717) is 30.3 Å². The first-order chi connectivity index (χ1) is 13.1. The van der Waals surface area contributed by atoms with E-state index in [2.05, 4.69) is 5.16 Å². The summed E-state index contributed by atoms with van der Waals surface area (Å²) in [4.78, 5) is 14.5. The van der Waals surface area contributed by atoms with E-state index in [4.69, 9.17) is 16.1 Å². The van der Waals surface area contributed by atoms with Gasteiger partial charge in [-0.1, -0.05) is 46.6 Å². The van der Waals surface area contributed by atoms with Crippen LogP contribution in [-0.2, 0) is 17.8 Å². The number of aryl methyl sites for hydroxylation is 1. The van der Waals surface area contributed by atoms with Gasteiger partial charge in [-0.15, -0.1) is 0 Å². The molecular formula is C22H19ClN2O2. The molecule has 1 aliphatic heterocycles. The summed E-state index contributed by atoms with van der Waals surface area (Å²) in [5.41, 5.74) is 5.02. The van der Waals surface area contributed by atoms with Gasteiger partial charge in [0.25, 0.3) is 0 Å². The second-order valence-corrected chi connectivity index (χ2v) is 7.13. The SMILES string of the molecule is Cc1ccc(/C=C/C(=O)N2CCc3noc(-c4ccc(Cl)cc4)c3C2)cc1. The number of fused-ring (bicyclic) bond motifs is 1. The lowest BCUT2D eigenvalue weighted by Crippen LogP contribution is -2.34. The standard InChI is InChI=1S/C22H19ClN2O2/c1-15-2-4-16(5-3-15)6-11-21(26)25-13-12-20-19(14-25)22(27-24-20)17-7-9-18(23)10-8-17/h2-11H,12-14H2,1H3/b11-6+. The van der Waals surface area contributed by atoms with Crippen LogP contribution in [0.15, 0.2) is 59.1 Å². The molecule has 1 aromatic heterocycles. The smallest absolute Gasteiger partial charge is 0.246 e. The average Bonchev–Trinajstić information content (AvgIpc) is 3.11. The van der Waals surface area contributed by atoms with Crippen molar-refractivity contribution in [1.82, 2.24) is 10.1 Å². The predicted octanol–water partition coefficient (Wildman–Crippen LogP) is 4.90. The van der Waals surface area contributed by atoms with E-state index in [1.807, 2.05) is 66.4 Å². The number of hydrogen-bond acceptors (Lipinski definition) is 3. The number of benzene rings is 2. The summed E-state index contributed by atoms with van der Waals surface area (Å²) in [5, 5.41) is 4.86. The van der Waals surface area contributed by atoms with E-state index in [1.165, 1.54) is 5.56 Å². The highest BCUT2D eigenvalue weighted by Gasteiger charge is 2.26. The molecule has 0 atom stereocenters. The molecule has 0 spiro atoms. The molecule has 0 radical (unpaired) electrons. The van der Waals surface area contributed by atoms with Crippen LogP contribution in [-0.4, -0.2) is 22.5 Å². The van der Waals surface area contributed by atoms with E-state index in [9.17, 15) is 4.79 Å². The molecule has 1 amide bonds. The summed E-state index contributed by atoms with van der Waals surface area (Å²) >= 11 is 5.97. The van der Waals surface area contributed by atoms with Crippen LogP contribution < -0.4 is 0 Å². The highest BCUT2D eigenvalue weighted by Crippen LogP contribution is 2.31. The lowest BCUT2D eigenvalue weighted by atomic mass is 10.0. The van der Waals surface area contributed by atoms with Crippen molar-refractivity contribution in [3.63, 3.8) is 0 Å². The Morgan fingerprint density at radius 3 is 2.63 bits per heavy atom. The molecule has 0 aliphatic carbocycles. The number of hydrogen-bond donors (Lipinski definition) is 0. The van der Waals surface area contributed by atoms with E-state index < -0.39 is 0 Å². The summed E-state index contributed by atoms with van der Waals surface area (Å²) in [6.07, 6.45) is 4.17. The largest absolute Gasteiger partial charge is 0.356 e. The number of aromatic nitrogens is 1. The minimum atomic E-state index is -0.00974. The molecule has 4 rings (SSSR count). The Bertz CT molecular complexity index is 988. The van der Waals surface area contributed by atoms with Crippen LogP contribution in [0.2, 0.25) is 5.02 Å². The quantitative estimate of drug-likeness (QED) is 0.609. The first-order valence-electron chi connectivity index (χ1n) is 8.87. The maximum absolute atomic E-state index is 12.6. The molecule has 5 heteroatoms. The average molecular weight is 379 g/mol. The van der Waals surface area contributed by atoms with Gasteiger partial charge in [0.15, 0.2) is 5.76 Å². The van der Waals surface area contributed by atoms with Crippen molar-refractivity contribution in [3.8, 4) is 11.3 Å². The molecule has 0 saturated heterocycles. The highest BCUT2D eigenvalue weighted by atomic mass is 35.5. The summed E-state index contributed by atoms with van der Waals surface area (Å²) in [6, 6.07) is 15.5. The molecule has 0 bridgehead atoms. The van der Waals surface area contributed by atoms with Gasteiger partial charge >= 0.3 is 0 Å². The van der Waals surface area contributed by atoms with Crippen LogP contribution in [0.5, 0.6) is 0 Å². The van der Waals surface area contributed by atoms with Gasteiger partial charge in [-0.05, 0) is 42.8 Å². The normalized spacial score (nSPS) is 13.8. The Morgan fingerprint density at radius 2 is 1.89 bits per heavy atom. The molecule has 4 nitrogen and oxygen atoms in total. The number of carbonyl (C=O) groups excluding carboxylic acids is 1. The first-order valence-corrected chi connectivity index (χ1v) is 9.25. The maximum Gasteiger partial charge on any atom is 0.246 e. The van der Waals surface area contributed by atoms with Gasteiger partial charge in [0, 0.05) is 35.2 Å². The molecule has 27 heavy (non-hydrogen) atoms. The predicted molar refractivity (Wildman–Crippen MR) is 106 cm³/mol. The van der Waals surface area contributed by atoms with Crippen LogP contribution in [0, 0.1) is 6.92 Å². The second kappa shape index (κ2) is 7.41. The van der Waals surface area contributed by atoms with Crippen molar-refractivity contribution in [2.45, 2.75) is 19.9 Å². The van der Waals surface area contributed by atoms with Crippen LogP contribution >= 0.6 is 11.6 Å². The van der Waals surface area contributed by atoms with E-state index in [0.717, 1.165) is 22.4 Å². The van der Waals surface area contributed by atoms with Crippen molar-refractivity contribution in [1.29, 1.82) is 0 Å². The minimum absolute atomic E-state index is 0.00974. The van der Waals surface area contributed by atoms with Crippen LogP contribution in [0.1, 0.15) is 22.4 Å². The van der Waals surface area contributed by atoms with Gasteiger partial charge in [-0.3, -0.25) is 4.79 Å². The van der Waals surface area contributed by atoms with Gasteiger partial charge in [-0.2, -0.15) is 0 Å². The maximum atomic E-state index is 12.6. The van der Waals surface area contributed by atoms with Gasteiger partial charge in [-0.25, -0.2) is 0 Å². The zero-order chi connectivity index (χ0) is 18.8. The summed E-state index contributed by atoms with van der Waals surface area (Å²) < 4.78 is 5.56. The molecule has 0 N–H and O–H groups in total. The fourth-order valence-electron chi connectivity index (χ4n) is 3.18. The Morgan fingerprint density at radius 1 is 1.15 bits per heavy atom. The van der Waals surface area contributed by atoms with Gasteiger partial charge in [0.2, 0.25) is 5.91 Å². The zero-order valence-corrected chi connectivity index (χ0v) is 15.7. The Kier molecular flexibility index (Phi) is 4.82. The van der Waals surface area contributed by atoms with Crippen molar-refractivity contribution in [3.05, 3.63) is 82.0 Å². The van der Waals surface area contributed by atoms with Crippen LogP contribution in [0.3, 0.4) is 0 Å². The molecule has 3 aromatic rings. The molecule has 2 heterocycles. The van der Waals surface area contributed by atoms with Gasteiger partial charge in [0.05, 0.1) is 12.2 Å². The number of amides is 1. The van der Waals surface area contributed by atoms with Crippen LogP contribution in [0.25, 0.3) is 17.4 Å². The number of halogens is 1. The monoisotopic (exact) mass is 378 g/mol. The lowest BCUT2D eigenvalue weighted by Gasteiger charge is -2.25. The van der Waals surface area contributed by atoms with E-state index in [-0.39, 0.29) is 5.91 Å². The minimum Gasteiger partial charge on any atom is -0.356 e. The highest BCUT2D eigenvalue weighted by molar-refractivity contribution is 6.30. The first kappa shape index (κ1) is 17.6. The van der Waals surface area contributed by atoms with Crippen molar-refractivity contribution < 1.29 is 9.32 Å². The fourth-order valence-corrected chi connectivity index (χ4v) is 3.31. The van der Waals surface area contributed by atoms with E-state index >= 15 is 0 Å². The number of carbonyl (C=O) groups is 1. The van der Waals surface area contributed by atoms with Gasteiger partial charge in [0.1, 0.15) is 0 Å². The Balaban J connectivity index is 1.52. The van der Waals surface area contributed by atoms with Gasteiger partial charge < -0.3 is 9.42 Å². The molecular weight excluding hydrogens is 360 g/mol. The molecule has 0 unspecified atom stereocenters. The molecule has 0 saturated carbocycles. The number of rotatable bonds is 3. The third-order valence-electron chi connectivity index (χ3n) is 4.75. The fraction of sp³-hybridized carbons (Fsp3) is 0.182. The summed E-state index contributed by atoms with van der Waals surface area (Å²) in [6.45, 7) is 3.17. The van der Waals surface area contributed by atoms with Crippen LogP contribution in [0.4, 0.5) is 0 Å².